The number of hydrogen-bond acceptors (Lipinski definition) is 4. The predicted octanol–water partition coefficient (Wildman–Crippen LogP) is 5.14. The number of nitrogens with one attached hydrogen (secondary N) is 1. The molecule has 0 radical (unpaired) electrons. The van der Waals surface area contributed by atoms with Crippen LogP contribution in [0.3, 0.4) is 0 Å². The minimum absolute atomic E-state index is 0.265. The summed E-state index contributed by atoms with van der Waals surface area (Å²) in [5, 5.41) is 0. The third-order valence-electron chi connectivity index (χ3n) is 5.83. The summed E-state index contributed by atoms with van der Waals surface area (Å²) in [6.45, 7) is 4.44. The van der Waals surface area contributed by atoms with Gasteiger partial charge in [0.1, 0.15) is 11.6 Å². The van der Waals surface area contributed by atoms with Crippen molar-refractivity contribution in [1.82, 2.24) is 19.5 Å². The molecule has 0 atom stereocenters. The van der Waals surface area contributed by atoms with E-state index in [1.165, 1.54) is 5.56 Å². The van der Waals surface area contributed by atoms with Gasteiger partial charge in [0, 0.05) is 12.1 Å². The lowest BCUT2D eigenvalue weighted by Gasteiger charge is -2.07. The van der Waals surface area contributed by atoms with Crippen molar-refractivity contribution in [2.45, 2.75) is 26.8 Å². The van der Waals surface area contributed by atoms with Crippen molar-refractivity contribution < 1.29 is 13.0 Å². The first kappa shape index (κ1) is 21.4. The molecule has 0 fully saturated rings. The Morgan fingerprint density at radius 3 is 2.48 bits per heavy atom. The lowest BCUT2D eigenvalue weighted by molar-refractivity contribution is 0.478. The number of hydrogen-bond donors (Lipinski definition) is 2. The van der Waals surface area contributed by atoms with Crippen LogP contribution in [0.1, 0.15) is 17.8 Å². The molecule has 8 heteroatoms. The molecular weight excluding hydrogens is 436 g/mol. The molecule has 0 amide bonds. The molecule has 2 aromatic heterocycles. The molecule has 2 N–H and O–H groups in total. The SMILES string of the molecule is Cc1cccc(-c2nc3ccc(-c4ccc5c(c4)nc(C)n5CCCS(=O)(=O)O)cc3[nH]2)c1. The van der Waals surface area contributed by atoms with Gasteiger partial charge >= 0.3 is 0 Å². The van der Waals surface area contributed by atoms with Crippen molar-refractivity contribution in [3.63, 3.8) is 0 Å². The number of aromatic amines is 1. The van der Waals surface area contributed by atoms with Crippen LogP contribution in [0.15, 0.2) is 60.7 Å². The monoisotopic (exact) mass is 460 g/mol. The first-order valence-corrected chi connectivity index (χ1v) is 12.4. The van der Waals surface area contributed by atoms with E-state index < -0.39 is 10.1 Å². The minimum atomic E-state index is -3.96. The Morgan fingerprint density at radius 1 is 0.909 bits per heavy atom. The molecule has 168 valence electrons. The normalized spacial score (nSPS) is 12.1. The van der Waals surface area contributed by atoms with E-state index in [4.69, 9.17) is 9.54 Å². The van der Waals surface area contributed by atoms with Gasteiger partial charge < -0.3 is 9.55 Å². The maximum Gasteiger partial charge on any atom is 0.264 e. The van der Waals surface area contributed by atoms with Crippen molar-refractivity contribution in [1.29, 1.82) is 0 Å². The van der Waals surface area contributed by atoms with Crippen molar-refractivity contribution in [3.8, 4) is 22.5 Å². The van der Waals surface area contributed by atoms with Gasteiger partial charge in [0.25, 0.3) is 10.1 Å². The number of H-pyrrole nitrogens is 1. The third kappa shape index (κ3) is 4.40. The fraction of sp³-hybridized carbons (Fsp3) is 0.200. The smallest absolute Gasteiger partial charge is 0.264 e. The lowest BCUT2D eigenvalue weighted by atomic mass is 10.0. The Labute approximate surface area is 191 Å². The van der Waals surface area contributed by atoms with E-state index in [0.29, 0.717) is 13.0 Å². The van der Waals surface area contributed by atoms with Crippen LogP contribution in [0.25, 0.3) is 44.6 Å². The van der Waals surface area contributed by atoms with Crippen LogP contribution in [-0.4, -0.2) is 38.2 Å². The van der Waals surface area contributed by atoms with Crippen LogP contribution < -0.4 is 0 Å². The second kappa shape index (κ2) is 8.13. The predicted molar refractivity (Wildman–Crippen MR) is 131 cm³/mol. The summed E-state index contributed by atoms with van der Waals surface area (Å²) in [4.78, 5) is 12.8. The molecule has 0 aliphatic rings. The molecule has 5 rings (SSSR count). The lowest BCUT2D eigenvalue weighted by Crippen LogP contribution is -2.08. The molecule has 0 spiro atoms. The molecule has 3 aromatic carbocycles. The third-order valence-corrected chi connectivity index (χ3v) is 6.63. The Bertz CT molecular complexity index is 1600. The highest BCUT2D eigenvalue weighted by atomic mass is 32.2. The van der Waals surface area contributed by atoms with Crippen molar-refractivity contribution in [2.75, 3.05) is 5.75 Å². The average molecular weight is 461 g/mol. The Kier molecular flexibility index (Phi) is 5.26. The number of aryl methyl sites for hydroxylation is 3. The van der Waals surface area contributed by atoms with Gasteiger partial charge in [-0.3, -0.25) is 4.55 Å². The van der Waals surface area contributed by atoms with Crippen LogP contribution in [0, 0.1) is 13.8 Å². The van der Waals surface area contributed by atoms with E-state index in [1.54, 1.807) is 0 Å². The van der Waals surface area contributed by atoms with Gasteiger partial charge in [-0.15, -0.1) is 0 Å². The summed E-state index contributed by atoms with van der Waals surface area (Å²) < 4.78 is 33.0. The molecule has 0 saturated carbocycles. The second-order valence-electron chi connectivity index (χ2n) is 8.34. The minimum Gasteiger partial charge on any atom is -0.338 e. The fourth-order valence-electron chi connectivity index (χ4n) is 4.24. The summed E-state index contributed by atoms with van der Waals surface area (Å²) >= 11 is 0. The first-order chi connectivity index (χ1) is 15.8. The van der Waals surface area contributed by atoms with Gasteiger partial charge in [-0.2, -0.15) is 8.42 Å². The molecule has 2 heterocycles. The Hall–Kier alpha value is -3.49. The molecule has 5 aromatic rings. The van der Waals surface area contributed by atoms with Crippen molar-refractivity contribution in [3.05, 3.63) is 72.1 Å². The molecule has 0 saturated heterocycles. The van der Waals surface area contributed by atoms with Gasteiger partial charge in [-0.05, 0) is 61.7 Å². The number of fused-ring (bicyclic) bond motifs is 2. The van der Waals surface area contributed by atoms with E-state index in [1.807, 2.05) is 47.9 Å². The number of rotatable bonds is 6. The largest absolute Gasteiger partial charge is 0.338 e. The standard InChI is InChI=1S/C25H24N4O3S/c1-16-5-3-6-20(13-16)25-27-21-9-7-18(14-22(21)28-25)19-8-10-24-23(15-19)26-17(2)29(24)11-4-12-33(30,31)32/h3,5-10,13-15H,4,11-12H2,1-2H3,(H,27,28)(H,30,31,32). The van der Waals surface area contributed by atoms with Crippen LogP contribution in [0.2, 0.25) is 0 Å². The van der Waals surface area contributed by atoms with E-state index in [2.05, 4.69) is 41.2 Å². The zero-order valence-electron chi connectivity index (χ0n) is 18.4. The first-order valence-electron chi connectivity index (χ1n) is 10.8. The van der Waals surface area contributed by atoms with Crippen LogP contribution in [-0.2, 0) is 16.7 Å². The second-order valence-corrected chi connectivity index (χ2v) is 9.91. The topological polar surface area (TPSA) is 101 Å². The van der Waals surface area contributed by atoms with E-state index in [-0.39, 0.29) is 5.75 Å². The number of benzene rings is 3. The van der Waals surface area contributed by atoms with Crippen LogP contribution in [0.5, 0.6) is 0 Å². The number of aromatic nitrogens is 4. The van der Waals surface area contributed by atoms with Crippen molar-refractivity contribution >= 4 is 32.2 Å². The van der Waals surface area contributed by atoms with Crippen LogP contribution in [0.4, 0.5) is 0 Å². The van der Waals surface area contributed by atoms with Crippen molar-refractivity contribution in [2.24, 2.45) is 0 Å². The molecule has 33 heavy (non-hydrogen) atoms. The van der Waals surface area contributed by atoms with Crippen LogP contribution >= 0.6 is 0 Å². The zero-order valence-corrected chi connectivity index (χ0v) is 19.2. The maximum absolute atomic E-state index is 11.0. The summed E-state index contributed by atoms with van der Waals surface area (Å²) in [6.07, 6.45) is 0.326. The van der Waals surface area contributed by atoms with Gasteiger partial charge in [-0.1, -0.05) is 35.9 Å². The van der Waals surface area contributed by atoms with E-state index in [9.17, 15) is 8.42 Å². The molecule has 0 bridgehead atoms. The zero-order chi connectivity index (χ0) is 23.2. The van der Waals surface area contributed by atoms with Gasteiger partial charge in [0.2, 0.25) is 0 Å². The maximum atomic E-state index is 11.0. The van der Waals surface area contributed by atoms with Gasteiger partial charge in [0.05, 0.1) is 27.8 Å². The quantitative estimate of drug-likeness (QED) is 0.342. The summed E-state index contributed by atoms with van der Waals surface area (Å²) in [5.74, 6) is 1.39. The van der Waals surface area contributed by atoms with Gasteiger partial charge in [0.15, 0.2) is 0 Å². The average Bonchev–Trinajstić information content (AvgIpc) is 3.32. The Balaban J connectivity index is 1.46. The molecule has 0 aliphatic heterocycles. The summed E-state index contributed by atoms with van der Waals surface area (Å²) in [5.41, 5.74) is 8.02. The Morgan fingerprint density at radius 2 is 1.70 bits per heavy atom. The number of nitrogens with zero attached hydrogens (tertiary/aromatic N) is 3. The van der Waals surface area contributed by atoms with E-state index >= 15 is 0 Å². The molecular formula is C25H24N4O3S. The highest BCUT2D eigenvalue weighted by Gasteiger charge is 2.12. The highest BCUT2D eigenvalue weighted by Crippen LogP contribution is 2.29. The molecule has 0 aliphatic carbocycles. The molecule has 0 unspecified atom stereocenters. The van der Waals surface area contributed by atoms with E-state index in [0.717, 1.165) is 50.4 Å². The highest BCUT2D eigenvalue weighted by molar-refractivity contribution is 7.85. The number of imidazole rings is 2. The summed E-state index contributed by atoms with van der Waals surface area (Å²) in [6, 6.07) is 20.5. The fourth-order valence-corrected chi connectivity index (χ4v) is 4.73. The summed E-state index contributed by atoms with van der Waals surface area (Å²) in [7, 11) is -3.96. The molecule has 7 nitrogen and oxygen atoms in total. The van der Waals surface area contributed by atoms with Gasteiger partial charge in [-0.25, -0.2) is 9.97 Å².